The van der Waals surface area contributed by atoms with Crippen LogP contribution in [0, 0.1) is 0 Å². The van der Waals surface area contributed by atoms with E-state index in [9.17, 15) is 18.3 Å². The second kappa shape index (κ2) is 6.17. The summed E-state index contributed by atoms with van der Waals surface area (Å²) in [6.07, 6.45) is -5.13. The summed E-state index contributed by atoms with van der Waals surface area (Å²) in [6, 6.07) is 6.96. The number of rotatable bonds is 3. The lowest BCUT2D eigenvalue weighted by atomic mass is 10.0. The van der Waals surface area contributed by atoms with Gasteiger partial charge >= 0.3 is 6.18 Å². The van der Waals surface area contributed by atoms with Crippen molar-refractivity contribution < 1.29 is 18.3 Å². The fraction of sp³-hybridized carbons (Fsp3) is 0.231. The van der Waals surface area contributed by atoms with Crippen LogP contribution in [-0.2, 0) is 12.6 Å². The highest BCUT2D eigenvalue weighted by molar-refractivity contribution is 9.11. The molecule has 108 valence electrons. The van der Waals surface area contributed by atoms with E-state index >= 15 is 0 Å². The molecular weight excluding hydrogens is 421 g/mol. The van der Waals surface area contributed by atoms with Crippen LogP contribution in [-0.4, -0.2) is 5.11 Å². The molecule has 0 aliphatic heterocycles. The molecule has 1 nitrogen and oxygen atoms in total. The van der Waals surface area contributed by atoms with Crippen LogP contribution in [0.1, 0.15) is 22.1 Å². The van der Waals surface area contributed by atoms with Gasteiger partial charge in [-0.2, -0.15) is 13.2 Å². The third-order valence-electron chi connectivity index (χ3n) is 2.71. The van der Waals surface area contributed by atoms with Crippen molar-refractivity contribution in [3.8, 4) is 0 Å². The molecule has 1 aromatic heterocycles. The fourth-order valence-corrected chi connectivity index (χ4v) is 3.77. The predicted octanol–water partition coefficient (Wildman–Crippen LogP) is 5.57. The van der Waals surface area contributed by atoms with Crippen LogP contribution in [0.2, 0.25) is 0 Å². The topological polar surface area (TPSA) is 20.2 Å². The first-order valence-electron chi connectivity index (χ1n) is 5.56. The second-order valence-corrected chi connectivity index (χ2v) is 7.56. The van der Waals surface area contributed by atoms with Gasteiger partial charge in [0.05, 0.1) is 15.5 Å². The maximum absolute atomic E-state index is 12.7. The molecule has 0 aliphatic rings. The largest absolute Gasteiger partial charge is 0.416 e. The Labute approximate surface area is 134 Å². The smallest absolute Gasteiger partial charge is 0.388 e. The molecule has 0 saturated carbocycles. The summed E-state index contributed by atoms with van der Waals surface area (Å²) in [7, 11) is 0. The van der Waals surface area contributed by atoms with Gasteiger partial charge in [-0.1, -0.05) is 15.9 Å². The lowest BCUT2D eigenvalue weighted by molar-refractivity contribution is -0.137. The maximum atomic E-state index is 12.7. The fourth-order valence-electron chi connectivity index (χ4n) is 1.74. The predicted molar refractivity (Wildman–Crippen MR) is 79.8 cm³/mol. The molecule has 1 atom stereocenters. The van der Waals surface area contributed by atoms with Crippen molar-refractivity contribution in [3.63, 3.8) is 0 Å². The quantitative estimate of drug-likeness (QED) is 0.676. The molecule has 0 bridgehead atoms. The van der Waals surface area contributed by atoms with E-state index in [1.165, 1.54) is 17.4 Å². The summed E-state index contributed by atoms with van der Waals surface area (Å²) in [6.45, 7) is 0. The molecule has 2 aromatic rings. The van der Waals surface area contributed by atoms with E-state index in [1.54, 1.807) is 0 Å². The molecule has 0 aliphatic carbocycles. The lowest BCUT2D eigenvalue weighted by Crippen LogP contribution is -2.08. The molecule has 0 saturated heterocycles. The molecule has 1 N–H and O–H groups in total. The Morgan fingerprint density at radius 2 is 1.85 bits per heavy atom. The number of benzene rings is 1. The minimum Gasteiger partial charge on any atom is -0.388 e. The molecule has 1 heterocycles. The zero-order valence-corrected chi connectivity index (χ0v) is 13.9. The first-order valence-corrected chi connectivity index (χ1v) is 7.96. The molecule has 20 heavy (non-hydrogen) atoms. The Morgan fingerprint density at radius 3 is 2.40 bits per heavy atom. The third-order valence-corrected chi connectivity index (χ3v) is 5.07. The van der Waals surface area contributed by atoms with Crippen molar-refractivity contribution in [2.45, 2.75) is 18.7 Å². The van der Waals surface area contributed by atoms with Crippen LogP contribution in [0.4, 0.5) is 13.2 Å². The zero-order chi connectivity index (χ0) is 14.9. The first-order chi connectivity index (χ1) is 9.27. The number of halogens is 5. The average Bonchev–Trinajstić information content (AvgIpc) is 2.73. The van der Waals surface area contributed by atoms with Crippen molar-refractivity contribution in [1.82, 2.24) is 0 Å². The van der Waals surface area contributed by atoms with Gasteiger partial charge in [-0.25, -0.2) is 0 Å². The van der Waals surface area contributed by atoms with Crippen molar-refractivity contribution in [3.05, 3.63) is 54.6 Å². The van der Waals surface area contributed by atoms with Crippen LogP contribution >= 0.6 is 43.2 Å². The summed E-state index contributed by atoms with van der Waals surface area (Å²) in [4.78, 5) is 0.897. The van der Waals surface area contributed by atoms with Crippen LogP contribution in [0.15, 0.2) is 38.6 Å². The Bertz CT molecular complexity index is 610. The van der Waals surface area contributed by atoms with Gasteiger partial charge in [0.1, 0.15) is 0 Å². The van der Waals surface area contributed by atoms with Crippen molar-refractivity contribution in [2.75, 3.05) is 0 Å². The Kier molecular flexibility index (Phi) is 4.94. The molecule has 1 unspecified atom stereocenters. The van der Waals surface area contributed by atoms with Crippen LogP contribution < -0.4 is 0 Å². The van der Waals surface area contributed by atoms with Crippen LogP contribution in [0.3, 0.4) is 0 Å². The molecule has 2 rings (SSSR count). The maximum Gasteiger partial charge on any atom is 0.416 e. The molecule has 7 heteroatoms. The van der Waals surface area contributed by atoms with Gasteiger partial charge in [0.25, 0.3) is 0 Å². The van der Waals surface area contributed by atoms with Crippen LogP contribution in [0.5, 0.6) is 0 Å². The first kappa shape index (κ1) is 16.0. The summed E-state index contributed by atoms with van der Waals surface area (Å²) in [5.41, 5.74) is -0.522. The Hall–Kier alpha value is -0.370. The number of thiophene rings is 1. The number of hydrogen-bond donors (Lipinski definition) is 1. The van der Waals surface area contributed by atoms with Gasteiger partial charge in [-0.05, 0) is 51.8 Å². The highest BCUT2D eigenvalue weighted by Crippen LogP contribution is 2.35. The SMILES string of the molecule is OC(Cc1ccc(Br)s1)c1cc(C(F)(F)F)ccc1Br. The highest BCUT2D eigenvalue weighted by Gasteiger charge is 2.31. The summed E-state index contributed by atoms with van der Waals surface area (Å²) in [5.74, 6) is 0. The van der Waals surface area contributed by atoms with Gasteiger partial charge in [0.15, 0.2) is 0 Å². The molecule has 0 radical (unpaired) electrons. The molecule has 1 aromatic carbocycles. The van der Waals surface area contributed by atoms with E-state index in [4.69, 9.17) is 0 Å². The second-order valence-electron chi connectivity index (χ2n) is 4.16. The average molecular weight is 430 g/mol. The van der Waals surface area contributed by atoms with Gasteiger partial charge in [-0.15, -0.1) is 11.3 Å². The standard InChI is InChI=1S/C13H9Br2F3OS/c14-10-3-1-7(13(16,17)18)5-9(10)11(19)6-8-2-4-12(15)20-8/h1-5,11,19H,6H2. The summed E-state index contributed by atoms with van der Waals surface area (Å²) < 4.78 is 39.5. The monoisotopic (exact) mass is 428 g/mol. The van der Waals surface area contributed by atoms with E-state index in [-0.39, 0.29) is 12.0 Å². The van der Waals surface area contributed by atoms with E-state index in [1.807, 2.05) is 12.1 Å². The van der Waals surface area contributed by atoms with E-state index < -0.39 is 17.8 Å². The Morgan fingerprint density at radius 1 is 1.15 bits per heavy atom. The van der Waals surface area contributed by atoms with Gasteiger partial charge in [-0.3, -0.25) is 0 Å². The molecular formula is C13H9Br2F3OS. The number of aliphatic hydroxyl groups excluding tert-OH is 1. The lowest BCUT2D eigenvalue weighted by Gasteiger charge is -2.15. The zero-order valence-electron chi connectivity index (χ0n) is 9.92. The molecule has 0 spiro atoms. The Balaban J connectivity index is 2.27. The number of hydrogen-bond acceptors (Lipinski definition) is 2. The van der Waals surface area contributed by atoms with Crippen molar-refractivity contribution in [1.29, 1.82) is 0 Å². The number of aliphatic hydroxyl groups is 1. The molecule has 0 fully saturated rings. The van der Waals surface area contributed by atoms with Crippen molar-refractivity contribution >= 4 is 43.2 Å². The highest BCUT2D eigenvalue weighted by atomic mass is 79.9. The molecule has 0 amide bonds. The van der Waals surface area contributed by atoms with E-state index in [0.29, 0.717) is 4.47 Å². The van der Waals surface area contributed by atoms with Gasteiger partial charge in [0, 0.05) is 15.8 Å². The van der Waals surface area contributed by atoms with Crippen LogP contribution in [0.25, 0.3) is 0 Å². The van der Waals surface area contributed by atoms with E-state index in [0.717, 1.165) is 20.8 Å². The normalized spacial score (nSPS) is 13.5. The minimum absolute atomic E-state index is 0.240. The summed E-state index contributed by atoms with van der Waals surface area (Å²) >= 11 is 7.94. The van der Waals surface area contributed by atoms with Crippen molar-refractivity contribution in [2.24, 2.45) is 0 Å². The minimum atomic E-state index is -4.42. The third kappa shape index (κ3) is 3.84. The van der Waals surface area contributed by atoms with Gasteiger partial charge < -0.3 is 5.11 Å². The number of alkyl halides is 3. The van der Waals surface area contributed by atoms with E-state index in [2.05, 4.69) is 31.9 Å². The van der Waals surface area contributed by atoms with Gasteiger partial charge in [0.2, 0.25) is 0 Å². The summed E-state index contributed by atoms with van der Waals surface area (Å²) in [5, 5.41) is 10.1.